The molecule has 0 aliphatic carbocycles. The third kappa shape index (κ3) is 8.16. The third-order valence-electron chi connectivity index (χ3n) is 3.06. The Morgan fingerprint density at radius 3 is 2.53 bits per heavy atom. The molecule has 0 aromatic rings. The summed E-state index contributed by atoms with van der Waals surface area (Å²) < 4.78 is 0. The molecule has 0 aliphatic rings. The van der Waals surface area contributed by atoms with Crippen molar-refractivity contribution in [2.45, 2.75) is 58.5 Å². The van der Waals surface area contributed by atoms with Gasteiger partial charge >= 0.3 is 0 Å². The number of likely N-dealkylation sites (N-methyl/N-ethyl adjacent to an activating group) is 1. The second-order valence-electron chi connectivity index (χ2n) is 4.92. The highest BCUT2D eigenvalue weighted by molar-refractivity contribution is 5.81. The van der Waals surface area contributed by atoms with Crippen molar-refractivity contribution < 1.29 is 4.79 Å². The Bertz CT molecular complexity index is 207. The maximum atomic E-state index is 11.8. The van der Waals surface area contributed by atoms with Crippen LogP contribution >= 0.6 is 0 Å². The first-order valence-electron chi connectivity index (χ1n) is 6.72. The zero-order valence-electron chi connectivity index (χ0n) is 11.8. The van der Waals surface area contributed by atoms with E-state index in [1.807, 2.05) is 20.9 Å². The van der Waals surface area contributed by atoms with E-state index in [2.05, 4.69) is 17.1 Å². The largest absolute Gasteiger partial charge is 0.355 e. The molecule has 17 heavy (non-hydrogen) atoms. The van der Waals surface area contributed by atoms with Crippen molar-refractivity contribution in [3.63, 3.8) is 0 Å². The van der Waals surface area contributed by atoms with Gasteiger partial charge in [0.1, 0.15) is 0 Å². The van der Waals surface area contributed by atoms with Crippen molar-refractivity contribution in [1.29, 1.82) is 0 Å². The number of unbranched alkanes of at least 4 members (excludes halogenated alkanes) is 2. The fourth-order valence-corrected chi connectivity index (χ4v) is 1.54. The molecule has 2 atom stereocenters. The minimum absolute atomic E-state index is 0.0737. The maximum absolute atomic E-state index is 11.8. The summed E-state index contributed by atoms with van der Waals surface area (Å²) >= 11 is 0. The van der Waals surface area contributed by atoms with Gasteiger partial charge in [0.05, 0.1) is 6.04 Å². The molecule has 0 saturated carbocycles. The molecular weight excluding hydrogens is 214 g/mol. The molecule has 4 heteroatoms. The van der Waals surface area contributed by atoms with Gasteiger partial charge in [0.15, 0.2) is 0 Å². The summed E-state index contributed by atoms with van der Waals surface area (Å²) in [5.41, 5.74) is 5.70. The van der Waals surface area contributed by atoms with E-state index in [0.29, 0.717) is 0 Å². The van der Waals surface area contributed by atoms with Gasteiger partial charge in [-0.25, -0.2) is 0 Å². The SMILES string of the molecule is CCCCCNC(=O)C(C)N(C)CCC(C)N. The van der Waals surface area contributed by atoms with Crippen molar-refractivity contribution in [1.82, 2.24) is 10.2 Å². The average molecular weight is 243 g/mol. The summed E-state index contributed by atoms with van der Waals surface area (Å²) in [5, 5.41) is 2.97. The Hall–Kier alpha value is -0.610. The number of rotatable bonds is 9. The van der Waals surface area contributed by atoms with E-state index in [1.165, 1.54) is 12.8 Å². The second kappa shape index (κ2) is 9.42. The van der Waals surface area contributed by atoms with Gasteiger partial charge in [-0.15, -0.1) is 0 Å². The summed E-state index contributed by atoms with van der Waals surface area (Å²) in [6.07, 6.45) is 4.34. The van der Waals surface area contributed by atoms with Crippen molar-refractivity contribution in [3.8, 4) is 0 Å². The first-order chi connectivity index (χ1) is 7.99. The van der Waals surface area contributed by atoms with Gasteiger partial charge < -0.3 is 11.1 Å². The predicted molar refractivity (Wildman–Crippen MR) is 72.9 cm³/mol. The van der Waals surface area contributed by atoms with E-state index < -0.39 is 0 Å². The van der Waals surface area contributed by atoms with Crippen molar-refractivity contribution in [2.24, 2.45) is 5.73 Å². The lowest BCUT2D eigenvalue weighted by molar-refractivity contribution is -0.125. The maximum Gasteiger partial charge on any atom is 0.237 e. The van der Waals surface area contributed by atoms with Crippen LogP contribution in [0.2, 0.25) is 0 Å². The van der Waals surface area contributed by atoms with E-state index in [4.69, 9.17) is 5.73 Å². The molecule has 0 radical (unpaired) electrons. The Balaban J connectivity index is 3.78. The molecule has 0 aromatic heterocycles. The number of hydrogen-bond acceptors (Lipinski definition) is 3. The van der Waals surface area contributed by atoms with Gasteiger partial charge in [-0.1, -0.05) is 19.8 Å². The third-order valence-corrected chi connectivity index (χ3v) is 3.06. The topological polar surface area (TPSA) is 58.4 Å². The van der Waals surface area contributed by atoms with E-state index in [-0.39, 0.29) is 18.0 Å². The lowest BCUT2D eigenvalue weighted by Crippen LogP contribution is -2.44. The first kappa shape index (κ1) is 16.4. The van der Waals surface area contributed by atoms with Crippen molar-refractivity contribution in [2.75, 3.05) is 20.1 Å². The van der Waals surface area contributed by atoms with Gasteiger partial charge in [-0.3, -0.25) is 9.69 Å². The molecule has 0 heterocycles. The molecule has 0 aliphatic heterocycles. The molecule has 3 N–H and O–H groups in total. The van der Waals surface area contributed by atoms with Gasteiger partial charge in [0.2, 0.25) is 5.91 Å². The van der Waals surface area contributed by atoms with Crippen LogP contribution < -0.4 is 11.1 Å². The summed E-state index contributed by atoms with van der Waals surface area (Å²) in [7, 11) is 1.97. The van der Waals surface area contributed by atoms with Gasteiger partial charge in [0.25, 0.3) is 0 Å². The molecule has 0 bridgehead atoms. The zero-order valence-corrected chi connectivity index (χ0v) is 11.8. The number of nitrogens with one attached hydrogen (secondary N) is 1. The van der Waals surface area contributed by atoms with Gasteiger partial charge in [-0.05, 0) is 33.7 Å². The monoisotopic (exact) mass is 243 g/mol. The van der Waals surface area contributed by atoms with Crippen LogP contribution in [0.1, 0.15) is 46.5 Å². The summed E-state index contributed by atoms with van der Waals surface area (Å²) in [6.45, 7) is 7.74. The van der Waals surface area contributed by atoms with Crippen LogP contribution in [0, 0.1) is 0 Å². The van der Waals surface area contributed by atoms with Gasteiger partial charge in [0, 0.05) is 19.1 Å². The number of nitrogens with zero attached hydrogens (tertiary/aromatic N) is 1. The molecule has 0 spiro atoms. The number of amides is 1. The molecule has 1 amide bonds. The number of carbonyl (C=O) groups is 1. The van der Waals surface area contributed by atoms with E-state index in [1.54, 1.807) is 0 Å². The van der Waals surface area contributed by atoms with Crippen LogP contribution in [-0.4, -0.2) is 43.0 Å². The minimum atomic E-state index is -0.0737. The average Bonchev–Trinajstić information content (AvgIpc) is 2.30. The first-order valence-corrected chi connectivity index (χ1v) is 6.72. The van der Waals surface area contributed by atoms with Crippen molar-refractivity contribution in [3.05, 3.63) is 0 Å². The lowest BCUT2D eigenvalue weighted by Gasteiger charge is -2.24. The highest BCUT2D eigenvalue weighted by Gasteiger charge is 2.17. The van der Waals surface area contributed by atoms with Crippen LogP contribution in [0.15, 0.2) is 0 Å². The van der Waals surface area contributed by atoms with E-state index in [0.717, 1.165) is 25.9 Å². The Morgan fingerprint density at radius 2 is 2.00 bits per heavy atom. The Kier molecular flexibility index (Phi) is 9.09. The lowest BCUT2D eigenvalue weighted by atomic mass is 10.2. The number of carbonyl (C=O) groups excluding carboxylic acids is 1. The minimum Gasteiger partial charge on any atom is -0.355 e. The molecule has 2 unspecified atom stereocenters. The Labute approximate surface area is 106 Å². The fraction of sp³-hybridized carbons (Fsp3) is 0.923. The predicted octanol–water partition coefficient (Wildman–Crippen LogP) is 1.35. The van der Waals surface area contributed by atoms with Crippen LogP contribution in [0.5, 0.6) is 0 Å². The molecule has 0 saturated heterocycles. The van der Waals surface area contributed by atoms with Crippen LogP contribution in [0.4, 0.5) is 0 Å². The van der Waals surface area contributed by atoms with E-state index >= 15 is 0 Å². The zero-order chi connectivity index (χ0) is 13.3. The molecule has 0 aromatic carbocycles. The standard InChI is InChI=1S/C13H29N3O/c1-5-6-7-9-15-13(17)12(3)16(4)10-8-11(2)14/h11-12H,5-10,14H2,1-4H3,(H,15,17). The summed E-state index contributed by atoms with van der Waals surface area (Å²) in [5.74, 6) is 0.119. The van der Waals surface area contributed by atoms with Crippen LogP contribution in [0.3, 0.4) is 0 Å². The highest BCUT2D eigenvalue weighted by Crippen LogP contribution is 1.99. The van der Waals surface area contributed by atoms with Crippen molar-refractivity contribution >= 4 is 5.91 Å². The number of nitrogens with two attached hydrogens (primary N) is 1. The van der Waals surface area contributed by atoms with Crippen LogP contribution in [-0.2, 0) is 4.79 Å². The molecular formula is C13H29N3O. The van der Waals surface area contributed by atoms with Crippen LogP contribution in [0.25, 0.3) is 0 Å². The number of hydrogen-bond donors (Lipinski definition) is 2. The smallest absolute Gasteiger partial charge is 0.237 e. The Morgan fingerprint density at radius 1 is 1.35 bits per heavy atom. The van der Waals surface area contributed by atoms with Gasteiger partial charge in [-0.2, -0.15) is 0 Å². The summed E-state index contributed by atoms with van der Waals surface area (Å²) in [6, 6.07) is 0.118. The van der Waals surface area contributed by atoms with E-state index in [9.17, 15) is 4.79 Å². The fourth-order valence-electron chi connectivity index (χ4n) is 1.54. The molecule has 4 nitrogen and oxygen atoms in total. The highest BCUT2D eigenvalue weighted by atomic mass is 16.2. The second-order valence-corrected chi connectivity index (χ2v) is 4.92. The quantitative estimate of drug-likeness (QED) is 0.601. The molecule has 102 valence electrons. The molecule has 0 fully saturated rings. The summed E-state index contributed by atoms with van der Waals surface area (Å²) in [4.78, 5) is 13.9. The molecule has 0 rings (SSSR count). The normalized spacial score (nSPS) is 14.7.